The monoisotopic (exact) mass is 263 g/mol. The molecule has 0 aromatic heterocycles. The van der Waals surface area contributed by atoms with Crippen LogP contribution in [-0.4, -0.2) is 19.7 Å². The van der Waals surface area contributed by atoms with Crippen molar-refractivity contribution in [1.82, 2.24) is 5.32 Å². The smallest absolute Gasteiger partial charge is 0.122 e. The molecule has 0 saturated heterocycles. The van der Waals surface area contributed by atoms with Gasteiger partial charge in [-0.15, -0.1) is 0 Å². The summed E-state index contributed by atoms with van der Waals surface area (Å²) in [6.45, 7) is 9.35. The van der Waals surface area contributed by atoms with Crippen LogP contribution in [0.1, 0.15) is 50.7 Å². The van der Waals surface area contributed by atoms with Gasteiger partial charge in [-0.05, 0) is 57.8 Å². The lowest BCUT2D eigenvalue weighted by Crippen LogP contribution is -2.13. The number of nitrogens with one attached hydrogen (secondary N) is 1. The second-order valence-electron chi connectivity index (χ2n) is 5.06. The molecule has 0 amide bonds. The maximum atomic E-state index is 5.69. The van der Waals surface area contributed by atoms with Crippen molar-refractivity contribution in [3.05, 3.63) is 29.3 Å². The predicted molar refractivity (Wildman–Crippen MR) is 83.1 cm³/mol. The minimum atomic E-state index is 0.749. The van der Waals surface area contributed by atoms with Crippen LogP contribution in [0.3, 0.4) is 0 Å². The third kappa shape index (κ3) is 6.63. The predicted octanol–water partition coefficient (Wildman–Crippen LogP) is 4.11. The molecule has 1 rings (SSSR count). The second-order valence-corrected chi connectivity index (χ2v) is 5.06. The third-order valence-corrected chi connectivity index (χ3v) is 3.32. The standard InChI is InChI=1S/C17H29NO/c1-4-18-13-9-7-6-8-10-16-14-15(3)11-12-17(16)19-5-2/h11-12,14,18H,4-10,13H2,1-3H3. The molecule has 0 atom stereocenters. The van der Waals surface area contributed by atoms with Gasteiger partial charge in [0.05, 0.1) is 6.61 Å². The van der Waals surface area contributed by atoms with Gasteiger partial charge in [-0.25, -0.2) is 0 Å². The van der Waals surface area contributed by atoms with Gasteiger partial charge >= 0.3 is 0 Å². The molecule has 0 spiro atoms. The summed E-state index contributed by atoms with van der Waals surface area (Å²) >= 11 is 0. The van der Waals surface area contributed by atoms with E-state index in [0.29, 0.717) is 0 Å². The Bertz CT molecular complexity index is 349. The highest BCUT2D eigenvalue weighted by Gasteiger charge is 2.03. The highest BCUT2D eigenvalue weighted by atomic mass is 16.5. The molecule has 0 fully saturated rings. The Morgan fingerprint density at radius 1 is 1.05 bits per heavy atom. The lowest BCUT2D eigenvalue weighted by molar-refractivity contribution is 0.336. The Morgan fingerprint density at radius 2 is 1.84 bits per heavy atom. The Balaban J connectivity index is 2.29. The van der Waals surface area contributed by atoms with Gasteiger partial charge in [-0.3, -0.25) is 0 Å². The molecular formula is C17H29NO. The van der Waals surface area contributed by atoms with Gasteiger partial charge in [0.2, 0.25) is 0 Å². The van der Waals surface area contributed by atoms with Gasteiger partial charge in [0.25, 0.3) is 0 Å². The van der Waals surface area contributed by atoms with Gasteiger partial charge in [0.1, 0.15) is 5.75 Å². The summed E-state index contributed by atoms with van der Waals surface area (Å²) < 4.78 is 5.69. The van der Waals surface area contributed by atoms with Crippen molar-refractivity contribution >= 4 is 0 Å². The van der Waals surface area contributed by atoms with Crippen molar-refractivity contribution in [3.8, 4) is 5.75 Å². The van der Waals surface area contributed by atoms with E-state index in [9.17, 15) is 0 Å². The summed E-state index contributed by atoms with van der Waals surface area (Å²) in [4.78, 5) is 0. The van der Waals surface area contributed by atoms with E-state index in [1.807, 2.05) is 6.92 Å². The first-order valence-electron chi connectivity index (χ1n) is 7.71. The fourth-order valence-electron chi connectivity index (χ4n) is 2.30. The van der Waals surface area contributed by atoms with E-state index in [-0.39, 0.29) is 0 Å². The zero-order valence-electron chi connectivity index (χ0n) is 12.8. The molecule has 19 heavy (non-hydrogen) atoms. The van der Waals surface area contributed by atoms with Crippen LogP contribution in [0.5, 0.6) is 5.75 Å². The van der Waals surface area contributed by atoms with E-state index in [0.717, 1.165) is 31.9 Å². The van der Waals surface area contributed by atoms with Gasteiger partial charge in [0, 0.05) is 0 Å². The molecule has 0 aliphatic rings. The van der Waals surface area contributed by atoms with Crippen LogP contribution < -0.4 is 10.1 Å². The van der Waals surface area contributed by atoms with Gasteiger partial charge < -0.3 is 10.1 Å². The molecule has 2 heteroatoms. The summed E-state index contributed by atoms with van der Waals surface area (Å²) in [6, 6.07) is 6.51. The van der Waals surface area contributed by atoms with Crippen LogP contribution in [0.15, 0.2) is 18.2 Å². The van der Waals surface area contributed by atoms with Crippen LogP contribution in [0.4, 0.5) is 0 Å². The minimum Gasteiger partial charge on any atom is -0.494 e. The molecule has 0 aliphatic heterocycles. The third-order valence-electron chi connectivity index (χ3n) is 3.32. The van der Waals surface area contributed by atoms with E-state index < -0.39 is 0 Å². The number of benzene rings is 1. The van der Waals surface area contributed by atoms with E-state index in [2.05, 4.69) is 37.4 Å². The normalized spacial score (nSPS) is 10.7. The molecule has 0 radical (unpaired) electrons. The van der Waals surface area contributed by atoms with Crippen LogP contribution in [0.2, 0.25) is 0 Å². The largest absolute Gasteiger partial charge is 0.494 e. The molecule has 1 N–H and O–H groups in total. The van der Waals surface area contributed by atoms with Crippen molar-refractivity contribution < 1.29 is 4.74 Å². The topological polar surface area (TPSA) is 21.3 Å². The molecule has 108 valence electrons. The van der Waals surface area contributed by atoms with Crippen molar-refractivity contribution in [1.29, 1.82) is 0 Å². The summed E-state index contributed by atoms with van der Waals surface area (Å²) in [7, 11) is 0. The zero-order valence-corrected chi connectivity index (χ0v) is 12.8. The lowest BCUT2D eigenvalue weighted by Gasteiger charge is -2.11. The highest BCUT2D eigenvalue weighted by Crippen LogP contribution is 2.22. The quantitative estimate of drug-likeness (QED) is 0.642. The Labute approximate surface area is 118 Å². The first-order chi connectivity index (χ1) is 9.27. The fourth-order valence-corrected chi connectivity index (χ4v) is 2.30. The number of unbranched alkanes of at least 4 members (excludes halogenated alkanes) is 3. The number of rotatable bonds is 10. The summed E-state index contributed by atoms with van der Waals surface area (Å²) in [5, 5.41) is 3.37. The molecule has 0 bridgehead atoms. The SMILES string of the molecule is CCNCCCCCCc1cc(C)ccc1OCC. The molecule has 0 aliphatic carbocycles. The van der Waals surface area contributed by atoms with Crippen LogP contribution >= 0.6 is 0 Å². The zero-order chi connectivity index (χ0) is 13.9. The van der Waals surface area contributed by atoms with E-state index in [1.54, 1.807) is 0 Å². The van der Waals surface area contributed by atoms with Crippen LogP contribution in [0.25, 0.3) is 0 Å². The van der Waals surface area contributed by atoms with Crippen molar-refractivity contribution in [2.75, 3.05) is 19.7 Å². The Kier molecular flexibility index (Phi) is 8.31. The molecule has 2 nitrogen and oxygen atoms in total. The number of hydrogen-bond donors (Lipinski definition) is 1. The van der Waals surface area contributed by atoms with Crippen molar-refractivity contribution in [2.45, 2.75) is 52.9 Å². The average Bonchev–Trinajstić information content (AvgIpc) is 2.41. The Hall–Kier alpha value is -1.02. The molecular weight excluding hydrogens is 234 g/mol. The lowest BCUT2D eigenvalue weighted by atomic mass is 10.0. The number of hydrogen-bond acceptors (Lipinski definition) is 2. The first-order valence-corrected chi connectivity index (χ1v) is 7.71. The maximum Gasteiger partial charge on any atom is 0.122 e. The minimum absolute atomic E-state index is 0.749. The highest BCUT2D eigenvalue weighted by molar-refractivity contribution is 5.36. The van der Waals surface area contributed by atoms with E-state index >= 15 is 0 Å². The molecule has 1 aromatic carbocycles. The summed E-state index contributed by atoms with van der Waals surface area (Å²) in [6.07, 6.45) is 6.32. The Morgan fingerprint density at radius 3 is 2.58 bits per heavy atom. The van der Waals surface area contributed by atoms with Gasteiger partial charge in [0.15, 0.2) is 0 Å². The number of ether oxygens (including phenoxy) is 1. The molecule has 0 unspecified atom stereocenters. The second kappa shape index (κ2) is 9.85. The van der Waals surface area contributed by atoms with E-state index in [1.165, 1.54) is 36.8 Å². The average molecular weight is 263 g/mol. The van der Waals surface area contributed by atoms with Crippen molar-refractivity contribution in [3.63, 3.8) is 0 Å². The maximum absolute atomic E-state index is 5.69. The summed E-state index contributed by atoms with van der Waals surface area (Å²) in [5.74, 6) is 1.07. The van der Waals surface area contributed by atoms with Crippen LogP contribution in [-0.2, 0) is 6.42 Å². The van der Waals surface area contributed by atoms with Crippen molar-refractivity contribution in [2.24, 2.45) is 0 Å². The number of aryl methyl sites for hydroxylation is 2. The van der Waals surface area contributed by atoms with Gasteiger partial charge in [-0.1, -0.05) is 37.5 Å². The first kappa shape index (κ1) is 16.0. The molecule has 0 heterocycles. The molecule has 1 aromatic rings. The van der Waals surface area contributed by atoms with Gasteiger partial charge in [-0.2, -0.15) is 0 Å². The fraction of sp³-hybridized carbons (Fsp3) is 0.647. The summed E-state index contributed by atoms with van der Waals surface area (Å²) in [5.41, 5.74) is 2.69. The molecule has 0 saturated carbocycles. The van der Waals surface area contributed by atoms with E-state index in [4.69, 9.17) is 4.74 Å². The van der Waals surface area contributed by atoms with Crippen LogP contribution in [0, 0.1) is 6.92 Å².